The molecule has 1 aliphatic carbocycles. The zero-order chi connectivity index (χ0) is 13.5. The van der Waals surface area contributed by atoms with Gasteiger partial charge in [0.15, 0.2) is 5.52 Å². The number of hydrogen-bond acceptors (Lipinski definition) is 3. The summed E-state index contributed by atoms with van der Waals surface area (Å²) in [6.45, 7) is 1.84. The molecule has 0 aromatic rings. The van der Waals surface area contributed by atoms with Crippen LogP contribution in [0, 0.1) is 17.8 Å². The minimum atomic E-state index is -0.196. The van der Waals surface area contributed by atoms with Crippen LogP contribution in [0.25, 0.3) is 0 Å². The van der Waals surface area contributed by atoms with Crippen LogP contribution in [0.2, 0.25) is 0 Å². The Kier molecular flexibility index (Phi) is 6.48. The Balaban J connectivity index is 2.23. The molecule has 0 aromatic carbocycles. The van der Waals surface area contributed by atoms with Gasteiger partial charge in [-0.25, -0.2) is 0 Å². The molecule has 1 fully saturated rings. The minimum Gasteiger partial charge on any atom is -0.299 e. The van der Waals surface area contributed by atoms with Gasteiger partial charge in [-0.05, 0) is 44.4 Å². The van der Waals surface area contributed by atoms with Crippen molar-refractivity contribution < 1.29 is 14.4 Å². The molecule has 0 radical (unpaired) electrons. The van der Waals surface area contributed by atoms with E-state index in [1.54, 1.807) is 0 Å². The van der Waals surface area contributed by atoms with Crippen LogP contribution in [-0.2, 0) is 14.4 Å². The van der Waals surface area contributed by atoms with E-state index >= 15 is 0 Å². The molecule has 0 saturated heterocycles. The molecule has 2 amide bonds. The van der Waals surface area contributed by atoms with Crippen LogP contribution < -0.4 is 5.32 Å². The fraction of sp³-hybridized carbons (Fsp3) is 0.769. The van der Waals surface area contributed by atoms with Crippen LogP contribution in [0.4, 0.5) is 0 Å². The third kappa shape index (κ3) is 4.85. The van der Waals surface area contributed by atoms with E-state index in [1.807, 2.05) is 6.92 Å². The van der Waals surface area contributed by atoms with Gasteiger partial charge in [-0.15, -0.1) is 0 Å². The highest BCUT2D eigenvalue weighted by molar-refractivity contribution is 7.40. The van der Waals surface area contributed by atoms with Crippen LogP contribution >= 0.6 is 9.24 Å². The number of hydrogen-bond donors (Lipinski definition) is 1. The molecule has 1 aliphatic rings. The van der Waals surface area contributed by atoms with E-state index in [0.717, 1.165) is 38.5 Å². The molecule has 1 rings (SSSR count). The predicted molar refractivity (Wildman–Crippen MR) is 72.8 cm³/mol. The molecular weight excluding hydrogens is 249 g/mol. The number of imide groups is 1. The van der Waals surface area contributed by atoms with Crippen molar-refractivity contribution in [2.24, 2.45) is 17.8 Å². The molecule has 4 nitrogen and oxygen atoms in total. The van der Waals surface area contributed by atoms with Gasteiger partial charge in [0.25, 0.3) is 0 Å². The van der Waals surface area contributed by atoms with Crippen molar-refractivity contribution >= 4 is 27.1 Å². The molecule has 5 heteroatoms. The predicted octanol–water partition coefficient (Wildman–Crippen LogP) is 1.88. The SMILES string of the molecule is CC(CCC1CCC(C(=O)P)CC1)C(=O)NC=O. The topological polar surface area (TPSA) is 63.2 Å². The van der Waals surface area contributed by atoms with Crippen molar-refractivity contribution in [1.29, 1.82) is 0 Å². The zero-order valence-corrected chi connectivity index (χ0v) is 12.0. The lowest BCUT2D eigenvalue weighted by molar-refractivity contribution is -0.128. The van der Waals surface area contributed by atoms with Gasteiger partial charge in [0, 0.05) is 11.8 Å². The Morgan fingerprint density at radius 2 is 1.94 bits per heavy atom. The average molecular weight is 271 g/mol. The fourth-order valence-electron chi connectivity index (χ4n) is 2.55. The third-order valence-electron chi connectivity index (χ3n) is 3.91. The second-order valence-corrected chi connectivity index (χ2v) is 5.79. The van der Waals surface area contributed by atoms with Crippen LogP contribution in [0.3, 0.4) is 0 Å². The van der Waals surface area contributed by atoms with Gasteiger partial charge in [-0.2, -0.15) is 0 Å². The van der Waals surface area contributed by atoms with E-state index in [0.29, 0.717) is 12.3 Å². The van der Waals surface area contributed by atoms with E-state index in [4.69, 9.17) is 0 Å². The van der Waals surface area contributed by atoms with Gasteiger partial charge < -0.3 is 0 Å². The van der Waals surface area contributed by atoms with E-state index in [-0.39, 0.29) is 23.3 Å². The van der Waals surface area contributed by atoms with Gasteiger partial charge in [-0.3, -0.25) is 19.7 Å². The summed E-state index contributed by atoms with van der Waals surface area (Å²) in [6.07, 6.45) is 6.35. The summed E-state index contributed by atoms with van der Waals surface area (Å²) in [6, 6.07) is 0. The molecule has 102 valence electrons. The Hall–Kier alpha value is -0.760. The van der Waals surface area contributed by atoms with Crippen molar-refractivity contribution in [3.63, 3.8) is 0 Å². The van der Waals surface area contributed by atoms with Crippen molar-refractivity contribution in [3.8, 4) is 0 Å². The van der Waals surface area contributed by atoms with Gasteiger partial charge in [0.2, 0.25) is 12.3 Å². The van der Waals surface area contributed by atoms with E-state index < -0.39 is 0 Å². The minimum absolute atomic E-state index is 0.115. The summed E-state index contributed by atoms with van der Waals surface area (Å²) >= 11 is 0. The lowest BCUT2D eigenvalue weighted by Crippen LogP contribution is -2.28. The van der Waals surface area contributed by atoms with E-state index in [1.165, 1.54) is 0 Å². The van der Waals surface area contributed by atoms with Crippen molar-refractivity contribution in [2.45, 2.75) is 45.4 Å². The second-order valence-electron chi connectivity index (χ2n) is 5.22. The van der Waals surface area contributed by atoms with E-state index in [9.17, 15) is 14.4 Å². The highest BCUT2D eigenvalue weighted by atomic mass is 31.0. The summed E-state index contributed by atoms with van der Waals surface area (Å²) in [5, 5.41) is 2.19. The Morgan fingerprint density at radius 3 is 2.44 bits per heavy atom. The molecule has 1 saturated carbocycles. The van der Waals surface area contributed by atoms with Gasteiger partial charge in [0.05, 0.1) is 0 Å². The van der Waals surface area contributed by atoms with E-state index in [2.05, 4.69) is 14.6 Å². The quantitative estimate of drug-likeness (QED) is 0.592. The second kappa shape index (κ2) is 7.63. The monoisotopic (exact) mass is 271 g/mol. The lowest BCUT2D eigenvalue weighted by atomic mass is 9.79. The number of carbonyl (C=O) groups is 3. The lowest BCUT2D eigenvalue weighted by Gasteiger charge is -2.27. The van der Waals surface area contributed by atoms with Crippen LogP contribution in [0.15, 0.2) is 0 Å². The molecule has 0 heterocycles. The number of amides is 2. The summed E-state index contributed by atoms with van der Waals surface area (Å²) in [5.41, 5.74) is 0.229. The molecule has 18 heavy (non-hydrogen) atoms. The van der Waals surface area contributed by atoms with Crippen LogP contribution in [0.5, 0.6) is 0 Å². The first-order chi connectivity index (χ1) is 8.54. The maximum absolute atomic E-state index is 11.4. The molecule has 2 unspecified atom stereocenters. The largest absolute Gasteiger partial charge is 0.299 e. The van der Waals surface area contributed by atoms with Crippen molar-refractivity contribution in [2.75, 3.05) is 0 Å². The van der Waals surface area contributed by atoms with Gasteiger partial charge >= 0.3 is 0 Å². The first kappa shape index (κ1) is 15.3. The van der Waals surface area contributed by atoms with Crippen molar-refractivity contribution in [3.05, 3.63) is 0 Å². The number of rotatable bonds is 6. The molecule has 0 aromatic heterocycles. The van der Waals surface area contributed by atoms with Crippen LogP contribution in [-0.4, -0.2) is 17.8 Å². The normalized spacial score (nSPS) is 25.2. The Labute approximate surface area is 110 Å². The number of nitrogens with one attached hydrogen (secondary N) is 1. The number of carbonyl (C=O) groups excluding carboxylic acids is 3. The van der Waals surface area contributed by atoms with Crippen molar-refractivity contribution in [1.82, 2.24) is 5.32 Å². The highest BCUT2D eigenvalue weighted by Crippen LogP contribution is 2.33. The summed E-state index contributed by atoms with van der Waals surface area (Å²) < 4.78 is 0. The zero-order valence-electron chi connectivity index (χ0n) is 10.9. The highest BCUT2D eigenvalue weighted by Gasteiger charge is 2.24. The summed E-state index contributed by atoms with van der Waals surface area (Å²) in [4.78, 5) is 32.7. The fourth-order valence-corrected chi connectivity index (χ4v) is 2.89. The molecule has 2 atom stereocenters. The van der Waals surface area contributed by atoms with Gasteiger partial charge in [0.1, 0.15) is 0 Å². The smallest absolute Gasteiger partial charge is 0.229 e. The molecule has 0 bridgehead atoms. The standard InChI is InChI=1S/C13H22NO3P/c1-9(12(16)14-8-15)2-3-10-4-6-11(7-5-10)13(17)18/h8-11H,2-7,18H2,1H3,(H,14,15,16). The summed E-state index contributed by atoms with van der Waals surface area (Å²) in [7, 11) is 2.28. The molecule has 1 N–H and O–H groups in total. The summed E-state index contributed by atoms with van der Waals surface area (Å²) in [5.74, 6) is 0.536. The first-order valence-corrected chi connectivity index (χ1v) is 7.15. The molecule has 0 spiro atoms. The average Bonchev–Trinajstić information content (AvgIpc) is 2.36. The molecular formula is C13H22NO3P. The maximum Gasteiger partial charge on any atom is 0.229 e. The Morgan fingerprint density at radius 1 is 1.33 bits per heavy atom. The first-order valence-electron chi connectivity index (χ1n) is 6.58. The van der Waals surface area contributed by atoms with Gasteiger partial charge in [-0.1, -0.05) is 16.2 Å². The molecule has 0 aliphatic heterocycles. The third-order valence-corrected chi connectivity index (χ3v) is 4.38. The maximum atomic E-state index is 11.4. The van der Waals surface area contributed by atoms with Crippen LogP contribution in [0.1, 0.15) is 45.4 Å². The Bertz CT molecular complexity index is 311.